The van der Waals surface area contributed by atoms with Crippen LogP contribution in [0.2, 0.25) is 0 Å². The summed E-state index contributed by atoms with van der Waals surface area (Å²) in [5, 5.41) is 13.4. The van der Waals surface area contributed by atoms with Crippen LogP contribution in [0.25, 0.3) is 0 Å². The highest BCUT2D eigenvalue weighted by Crippen LogP contribution is 2.20. The van der Waals surface area contributed by atoms with Crippen LogP contribution in [-0.2, 0) is 5.60 Å². The highest BCUT2D eigenvalue weighted by molar-refractivity contribution is 14.0. The molecule has 19 heavy (non-hydrogen) atoms. The predicted molar refractivity (Wildman–Crippen MR) is 90.8 cm³/mol. The summed E-state index contributed by atoms with van der Waals surface area (Å²) >= 11 is 0. The fourth-order valence-corrected chi connectivity index (χ4v) is 1.55. The number of halogens is 1. The standard InChI is InChI=1S/C14H23N3O.HI/c1-13(2,3)17-12(15)16-10-14(4,18)11-8-6-5-7-9-11;/h5-9,18H,10H2,1-4H3,(H3,15,16,17);1H. The second-order valence-corrected chi connectivity index (χ2v) is 5.72. The minimum atomic E-state index is -1.01. The maximum atomic E-state index is 10.3. The maximum Gasteiger partial charge on any atom is 0.189 e. The average Bonchev–Trinajstić information content (AvgIpc) is 2.26. The van der Waals surface area contributed by atoms with Crippen LogP contribution in [0.1, 0.15) is 33.3 Å². The molecule has 0 aliphatic rings. The molecule has 0 aliphatic heterocycles. The van der Waals surface area contributed by atoms with Gasteiger partial charge in [0.05, 0.1) is 6.54 Å². The Morgan fingerprint density at radius 1 is 1.21 bits per heavy atom. The number of aliphatic hydroxyl groups is 1. The van der Waals surface area contributed by atoms with Gasteiger partial charge in [-0.3, -0.25) is 4.99 Å². The minimum absolute atomic E-state index is 0. The first kappa shape index (κ1) is 18.2. The molecule has 4 nitrogen and oxygen atoms in total. The van der Waals surface area contributed by atoms with E-state index in [1.165, 1.54) is 0 Å². The Morgan fingerprint density at radius 2 is 1.74 bits per heavy atom. The van der Waals surface area contributed by atoms with Crippen LogP contribution in [0.4, 0.5) is 0 Å². The monoisotopic (exact) mass is 377 g/mol. The van der Waals surface area contributed by atoms with Crippen molar-refractivity contribution in [3.8, 4) is 0 Å². The van der Waals surface area contributed by atoms with Crippen molar-refractivity contribution in [2.45, 2.75) is 38.8 Å². The van der Waals surface area contributed by atoms with Gasteiger partial charge in [0.15, 0.2) is 5.96 Å². The van der Waals surface area contributed by atoms with Crippen molar-refractivity contribution in [1.82, 2.24) is 5.32 Å². The van der Waals surface area contributed by atoms with E-state index in [9.17, 15) is 5.11 Å². The van der Waals surface area contributed by atoms with Crippen LogP contribution >= 0.6 is 24.0 Å². The summed E-state index contributed by atoms with van der Waals surface area (Å²) in [5.41, 5.74) is 5.46. The number of nitrogens with zero attached hydrogens (tertiary/aromatic N) is 1. The Balaban J connectivity index is 0.00000324. The summed E-state index contributed by atoms with van der Waals surface area (Å²) in [6.07, 6.45) is 0. The third kappa shape index (κ3) is 6.77. The van der Waals surface area contributed by atoms with E-state index in [4.69, 9.17) is 5.73 Å². The summed E-state index contributed by atoms with van der Waals surface area (Å²) < 4.78 is 0. The van der Waals surface area contributed by atoms with Gasteiger partial charge < -0.3 is 16.2 Å². The van der Waals surface area contributed by atoms with Crippen molar-refractivity contribution in [2.24, 2.45) is 10.7 Å². The maximum absolute atomic E-state index is 10.3. The molecule has 5 heteroatoms. The van der Waals surface area contributed by atoms with Crippen molar-refractivity contribution in [3.05, 3.63) is 35.9 Å². The predicted octanol–water partition coefficient (Wildman–Crippen LogP) is 2.21. The fourth-order valence-electron chi connectivity index (χ4n) is 1.55. The van der Waals surface area contributed by atoms with Gasteiger partial charge in [0.25, 0.3) is 0 Å². The first-order valence-electron chi connectivity index (χ1n) is 6.07. The molecular formula is C14H24IN3O. The van der Waals surface area contributed by atoms with Crippen molar-refractivity contribution in [3.63, 3.8) is 0 Å². The lowest BCUT2D eigenvalue weighted by Gasteiger charge is -2.24. The van der Waals surface area contributed by atoms with Gasteiger partial charge in [-0.1, -0.05) is 30.3 Å². The molecule has 0 saturated heterocycles. The molecule has 0 heterocycles. The Hall–Kier alpha value is -0.820. The minimum Gasteiger partial charge on any atom is -0.384 e. The van der Waals surface area contributed by atoms with Crippen LogP contribution in [-0.4, -0.2) is 23.1 Å². The molecule has 0 aromatic heterocycles. The van der Waals surface area contributed by atoms with Gasteiger partial charge in [-0.05, 0) is 33.3 Å². The topological polar surface area (TPSA) is 70.6 Å². The smallest absolute Gasteiger partial charge is 0.189 e. The number of benzene rings is 1. The Kier molecular flexibility index (Phi) is 6.79. The Bertz CT molecular complexity index is 410. The molecule has 0 radical (unpaired) electrons. The molecule has 1 atom stereocenters. The number of guanidine groups is 1. The van der Waals surface area contributed by atoms with Gasteiger partial charge in [0.2, 0.25) is 0 Å². The Morgan fingerprint density at radius 3 is 2.21 bits per heavy atom. The van der Waals surface area contributed by atoms with Crippen LogP contribution in [0.3, 0.4) is 0 Å². The lowest BCUT2D eigenvalue weighted by Crippen LogP contribution is -2.45. The van der Waals surface area contributed by atoms with E-state index in [1.807, 2.05) is 51.1 Å². The molecule has 0 spiro atoms. The first-order valence-corrected chi connectivity index (χ1v) is 6.07. The molecular weight excluding hydrogens is 353 g/mol. The van der Waals surface area contributed by atoms with E-state index in [1.54, 1.807) is 6.92 Å². The zero-order chi connectivity index (χ0) is 13.8. The molecule has 108 valence electrons. The van der Waals surface area contributed by atoms with Gasteiger partial charge in [-0.25, -0.2) is 0 Å². The molecule has 0 bridgehead atoms. The molecule has 1 aromatic rings. The van der Waals surface area contributed by atoms with Crippen molar-refractivity contribution in [1.29, 1.82) is 0 Å². The highest BCUT2D eigenvalue weighted by atomic mass is 127. The number of nitrogens with two attached hydrogens (primary N) is 1. The van der Waals surface area contributed by atoms with E-state index >= 15 is 0 Å². The third-order valence-electron chi connectivity index (χ3n) is 2.46. The van der Waals surface area contributed by atoms with E-state index in [0.717, 1.165) is 5.56 Å². The molecule has 1 aromatic carbocycles. The first-order chi connectivity index (χ1) is 8.21. The fraction of sp³-hybridized carbons (Fsp3) is 0.500. The van der Waals surface area contributed by atoms with Gasteiger partial charge in [-0.15, -0.1) is 24.0 Å². The molecule has 1 unspecified atom stereocenters. The van der Waals surface area contributed by atoms with Gasteiger partial charge in [0, 0.05) is 5.54 Å². The molecule has 0 fully saturated rings. The number of rotatable bonds is 3. The van der Waals surface area contributed by atoms with Crippen molar-refractivity contribution in [2.75, 3.05) is 6.54 Å². The second-order valence-electron chi connectivity index (χ2n) is 5.72. The molecule has 4 N–H and O–H groups in total. The number of hydrogen-bond donors (Lipinski definition) is 3. The van der Waals surface area contributed by atoms with Gasteiger partial charge in [-0.2, -0.15) is 0 Å². The van der Waals surface area contributed by atoms with Crippen LogP contribution in [0.15, 0.2) is 35.3 Å². The summed E-state index contributed by atoms with van der Waals surface area (Å²) in [7, 11) is 0. The molecule has 1 rings (SSSR count). The van der Waals surface area contributed by atoms with E-state index in [2.05, 4.69) is 10.3 Å². The second kappa shape index (κ2) is 7.09. The van der Waals surface area contributed by atoms with Gasteiger partial charge >= 0.3 is 0 Å². The van der Waals surface area contributed by atoms with E-state index < -0.39 is 5.60 Å². The molecule has 0 amide bonds. The number of nitrogens with one attached hydrogen (secondary N) is 1. The third-order valence-corrected chi connectivity index (χ3v) is 2.46. The van der Waals surface area contributed by atoms with Gasteiger partial charge in [0.1, 0.15) is 5.60 Å². The quantitative estimate of drug-likeness (QED) is 0.430. The highest BCUT2D eigenvalue weighted by Gasteiger charge is 2.22. The van der Waals surface area contributed by atoms with Crippen LogP contribution in [0, 0.1) is 0 Å². The van der Waals surface area contributed by atoms with Crippen molar-refractivity contribution >= 4 is 29.9 Å². The summed E-state index contributed by atoms with van der Waals surface area (Å²) in [4.78, 5) is 4.19. The summed E-state index contributed by atoms with van der Waals surface area (Å²) in [6, 6.07) is 9.46. The number of hydrogen-bond acceptors (Lipinski definition) is 2. The molecule has 0 aliphatic carbocycles. The van der Waals surface area contributed by atoms with Crippen molar-refractivity contribution < 1.29 is 5.11 Å². The lowest BCUT2D eigenvalue weighted by molar-refractivity contribution is 0.0672. The SMILES string of the molecule is CC(C)(C)NC(N)=NCC(C)(O)c1ccccc1.I. The largest absolute Gasteiger partial charge is 0.384 e. The van der Waals surface area contributed by atoms with E-state index in [-0.39, 0.29) is 36.1 Å². The molecule has 0 saturated carbocycles. The summed E-state index contributed by atoms with van der Waals surface area (Å²) in [5.74, 6) is 0.346. The van der Waals surface area contributed by atoms with Crippen LogP contribution in [0.5, 0.6) is 0 Å². The number of aliphatic imine (C=N–C) groups is 1. The normalized spacial score (nSPS) is 15.3. The average molecular weight is 377 g/mol. The summed E-state index contributed by atoms with van der Waals surface area (Å²) in [6.45, 7) is 7.97. The Labute approximate surface area is 132 Å². The van der Waals surface area contributed by atoms with E-state index in [0.29, 0.717) is 5.96 Å². The zero-order valence-electron chi connectivity index (χ0n) is 12.0. The zero-order valence-corrected chi connectivity index (χ0v) is 14.3. The lowest BCUT2D eigenvalue weighted by atomic mass is 9.96. The van der Waals surface area contributed by atoms with Crippen LogP contribution < -0.4 is 11.1 Å².